The molecule has 6 nitrogen and oxygen atoms in total. The Morgan fingerprint density at radius 1 is 1.15 bits per heavy atom. The summed E-state index contributed by atoms with van der Waals surface area (Å²) in [6.45, 7) is 7.02. The summed E-state index contributed by atoms with van der Waals surface area (Å²) in [4.78, 5) is 37.2. The average molecular weight is 373 g/mol. The van der Waals surface area contributed by atoms with E-state index in [0.29, 0.717) is 11.1 Å². The molecule has 136 valence electrons. The molecule has 0 radical (unpaired) electrons. The summed E-state index contributed by atoms with van der Waals surface area (Å²) >= 11 is 0.980. The minimum atomic E-state index is -0.604. The Balaban J connectivity index is 2.39. The summed E-state index contributed by atoms with van der Waals surface area (Å²) < 4.78 is 10.1. The largest absolute Gasteiger partial charge is 0.462 e. The molecule has 2 aromatic rings. The van der Waals surface area contributed by atoms with Crippen molar-refractivity contribution in [1.29, 1.82) is 0 Å². The SMILES string of the molecule is C=CCOC(=O)c1sc(NC(=O)c2ccccc2)c(C(=O)OCC)c1C. The van der Waals surface area contributed by atoms with Crippen LogP contribution in [0, 0.1) is 6.92 Å². The lowest BCUT2D eigenvalue weighted by Gasteiger charge is -2.07. The molecule has 0 aliphatic carbocycles. The number of ether oxygens (including phenoxy) is 2. The van der Waals surface area contributed by atoms with Gasteiger partial charge in [-0.25, -0.2) is 9.59 Å². The first kappa shape index (κ1) is 19.4. The van der Waals surface area contributed by atoms with Gasteiger partial charge in [0, 0.05) is 5.56 Å². The summed E-state index contributed by atoms with van der Waals surface area (Å²) in [6.07, 6.45) is 1.45. The third kappa shape index (κ3) is 4.37. The second-order valence-electron chi connectivity index (χ2n) is 5.19. The van der Waals surface area contributed by atoms with Gasteiger partial charge in [-0.05, 0) is 31.5 Å². The molecule has 2 rings (SSSR count). The van der Waals surface area contributed by atoms with Crippen LogP contribution in [0.25, 0.3) is 0 Å². The van der Waals surface area contributed by atoms with Gasteiger partial charge in [-0.2, -0.15) is 0 Å². The van der Waals surface area contributed by atoms with Crippen molar-refractivity contribution in [2.45, 2.75) is 13.8 Å². The number of rotatable bonds is 7. The number of carbonyl (C=O) groups excluding carboxylic acids is 3. The van der Waals surface area contributed by atoms with E-state index in [1.54, 1.807) is 44.2 Å². The van der Waals surface area contributed by atoms with E-state index in [1.807, 2.05) is 0 Å². The minimum absolute atomic E-state index is 0.0522. The highest BCUT2D eigenvalue weighted by atomic mass is 32.1. The Hall–Kier alpha value is -2.93. The monoisotopic (exact) mass is 373 g/mol. The van der Waals surface area contributed by atoms with E-state index < -0.39 is 11.9 Å². The van der Waals surface area contributed by atoms with Gasteiger partial charge in [0.25, 0.3) is 5.91 Å². The van der Waals surface area contributed by atoms with E-state index >= 15 is 0 Å². The van der Waals surface area contributed by atoms with Gasteiger partial charge in [-0.15, -0.1) is 11.3 Å². The fourth-order valence-electron chi connectivity index (χ4n) is 2.21. The van der Waals surface area contributed by atoms with Gasteiger partial charge < -0.3 is 14.8 Å². The van der Waals surface area contributed by atoms with Crippen molar-refractivity contribution in [3.05, 3.63) is 64.6 Å². The summed E-state index contributed by atoms with van der Waals surface area (Å²) in [5.74, 6) is -1.58. The third-order valence-electron chi connectivity index (χ3n) is 3.41. The van der Waals surface area contributed by atoms with E-state index in [-0.39, 0.29) is 34.6 Å². The van der Waals surface area contributed by atoms with Gasteiger partial charge in [-0.1, -0.05) is 30.9 Å². The van der Waals surface area contributed by atoms with Crippen molar-refractivity contribution >= 4 is 34.2 Å². The van der Waals surface area contributed by atoms with Crippen molar-refractivity contribution in [3.8, 4) is 0 Å². The van der Waals surface area contributed by atoms with Crippen molar-refractivity contribution in [2.75, 3.05) is 18.5 Å². The van der Waals surface area contributed by atoms with Crippen LogP contribution in [0.15, 0.2) is 43.0 Å². The number of esters is 2. The van der Waals surface area contributed by atoms with E-state index in [4.69, 9.17) is 9.47 Å². The molecule has 7 heteroatoms. The molecular formula is C19H19NO5S. The molecule has 1 heterocycles. The quantitative estimate of drug-likeness (QED) is 0.589. The zero-order valence-electron chi connectivity index (χ0n) is 14.5. The van der Waals surface area contributed by atoms with E-state index in [0.717, 1.165) is 11.3 Å². The maximum Gasteiger partial charge on any atom is 0.348 e. The highest BCUT2D eigenvalue weighted by Crippen LogP contribution is 2.34. The molecule has 0 saturated heterocycles. The topological polar surface area (TPSA) is 81.7 Å². The zero-order valence-corrected chi connectivity index (χ0v) is 15.4. The second kappa shape index (κ2) is 8.96. The fourth-order valence-corrected chi connectivity index (χ4v) is 3.29. The number of hydrogen-bond acceptors (Lipinski definition) is 6. The van der Waals surface area contributed by atoms with Crippen LogP contribution in [-0.2, 0) is 9.47 Å². The molecule has 0 unspecified atom stereocenters. The maximum absolute atomic E-state index is 12.4. The Kier molecular flexibility index (Phi) is 6.68. The van der Waals surface area contributed by atoms with Gasteiger partial charge in [0.1, 0.15) is 16.5 Å². The predicted octanol–water partition coefficient (Wildman–Crippen LogP) is 3.83. The van der Waals surface area contributed by atoms with Crippen LogP contribution in [0.5, 0.6) is 0 Å². The van der Waals surface area contributed by atoms with Gasteiger partial charge in [0.2, 0.25) is 0 Å². The number of thiophene rings is 1. The van der Waals surface area contributed by atoms with Crippen LogP contribution in [-0.4, -0.2) is 31.1 Å². The molecular weight excluding hydrogens is 354 g/mol. The van der Waals surface area contributed by atoms with E-state index in [2.05, 4.69) is 11.9 Å². The molecule has 0 fully saturated rings. The van der Waals surface area contributed by atoms with Crippen LogP contribution < -0.4 is 5.32 Å². The maximum atomic E-state index is 12.4. The summed E-state index contributed by atoms with van der Waals surface area (Å²) in [5, 5.41) is 2.94. The lowest BCUT2D eigenvalue weighted by atomic mass is 10.1. The van der Waals surface area contributed by atoms with Crippen LogP contribution >= 0.6 is 11.3 Å². The standard InChI is InChI=1S/C19H19NO5S/c1-4-11-25-19(23)15-12(3)14(18(22)24-5-2)17(26-15)20-16(21)13-9-7-6-8-10-13/h4,6-10H,1,5,11H2,2-3H3,(H,20,21). The average Bonchev–Trinajstić information content (AvgIpc) is 2.96. The summed E-state index contributed by atoms with van der Waals surface area (Å²) in [6, 6.07) is 8.57. The van der Waals surface area contributed by atoms with E-state index in [9.17, 15) is 14.4 Å². The van der Waals surface area contributed by atoms with Crippen molar-refractivity contribution in [3.63, 3.8) is 0 Å². The van der Waals surface area contributed by atoms with Gasteiger partial charge >= 0.3 is 11.9 Å². The molecule has 0 atom stereocenters. The summed E-state index contributed by atoms with van der Waals surface area (Å²) in [7, 11) is 0. The number of hydrogen-bond donors (Lipinski definition) is 1. The predicted molar refractivity (Wildman–Crippen MR) is 99.9 cm³/mol. The number of amides is 1. The Labute approximate surface area is 155 Å². The zero-order chi connectivity index (χ0) is 19.1. The van der Waals surface area contributed by atoms with Crippen molar-refractivity contribution in [2.24, 2.45) is 0 Å². The lowest BCUT2D eigenvalue weighted by Crippen LogP contribution is -2.14. The lowest BCUT2D eigenvalue weighted by molar-refractivity contribution is 0.0527. The number of benzene rings is 1. The molecule has 1 aromatic heterocycles. The molecule has 26 heavy (non-hydrogen) atoms. The first-order valence-corrected chi connectivity index (χ1v) is 8.76. The Morgan fingerprint density at radius 2 is 1.85 bits per heavy atom. The van der Waals surface area contributed by atoms with E-state index in [1.165, 1.54) is 6.08 Å². The molecule has 0 spiro atoms. The molecule has 0 aliphatic heterocycles. The highest BCUT2D eigenvalue weighted by Gasteiger charge is 2.27. The molecule has 1 N–H and O–H groups in total. The van der Waals surface area contributed by atoms with Gasteiger partial charge in [0.05, 0.1) is 12.2 Å². The Bertz CT molecular complexity index is 826. The van der Waals surface area contributed by atoms with Crippen molar-refractivity contribution < 1.29 is 23.9 Å². The van der Waals surface area contributed by atoms with Crippen LogP contribution in [0.4, 0.5) is 5.00 Å². The summed E-state index contributed by atoms with van der Waals surface area (Å²) in [5.41, 5.74) is 1.00. The Morgan fingerprint density at radius 3 is 2.46 bits per heavy atom. The fraction of sp³-hybridized carbons (Fsp3) is 0.211. The molecule has 0 saturated carbocycles. The molecule has 0 bridgehead atoms. The van der Waals surface area contributed by atoms with Gasteiger partial charge in [0.15, 0.2) is 0 Å². The first-order chi connectivity index (χ1) is 12.5. The highest BCUT2D eigenvalue weighted by molar-refractivity contribution is 7.18. The molecule has 1 aromatic carbocycles. The minimum Gasteiger partial charge on any atom is -0.462 e. The molecule has 1 amide bonds. The van der Waals surface area contributed by atoms with Crippen molar-refractivity contribution in [1.82, 2.24) is 0 Å². The van der Waals surface area contributed by atoms with Crippen LogP contribution in [0.2, 0.25) is 0 Å². The van der Waals surface area contributed by atoms with Gasteiger partial charge in [-0.3, -0.25) is 4.79 Å². The van der Waals surface area contributed by atoms with Crippen LogP contribution in [0.1, 0.15) is 42.9 Å². The first-order valence-electron chi connectivity index (χ1n) is 7.94. The number of anilines is 1. The number of carbonyl (C=O) groups is 3. The second-order valence-corrected chi connectivity index (χ2v) is 6.21. The third-order valence-corrected chi connectivity index (χ3v) is 4.59. The molecule has 0 aliphatic rings. The smallest absolute Gasteiger partial charge is 0.348 e. The normalized spacial score (nSPS) is 10.1. The van der Waals surface area contributed by atoms with Crippen LogP contribution in [0.3, 0.4) is 0 Å². The number of nitrogens with one attached hydrogen (secondary N) is 1.